The van der Waals surface area contributed by atoms with Crippen LogP contribution >= 0.6 is 11.8 Å². The molecule has 2 aromatic carbocycles. The van der Waals surface area contributed by atoms with E-state index in [0.717, 1.165) is 11.0 Å². The van der Waals surface area contributed by atoms with E-state index < -0.39 is 0 Å². The highest BCUT2D eigenvalue weighted by molar-refractivity contribution is 7.99. The van der Waals surface area contributed by atoms with E-state index in [1.165, 1.54) is 11.8 Å². The number of para-hydroxylation sites is 1. The molecule has 0 radical (unpaired) electrons. The highest BCUT2D eigenvalue weighted by Crippen LogP contribution is 2.33. The van der Waals surface area contributed by atoms with Crippen molar-refractivity contribution in [3.8, 4) is 23.1 Å². The zero-order valence-electron chi connectivity index (χ0n) is 16.8. The largest absolute Gasteiger partial charge is 0.486 e. The van der Waals surface area contributed by atoms with Gasteiger partial charge in [-0.3, -0.25) is 9.36 Å². The molecule has 31 heavy (non-hydrogen) atoms. The Hall–Kier alpha value is -3.46. The SMILES string of the molecule is CCn1c(SCC(=O)Nc2ccc3c(c2)OCCO3)nnc1-c1cc2ccccc2o1. The summed E-state index contributed by atoms with van der Waals surface area (Å²) in [6, 6.07) is 15.1. The summed E-state index contributed by atoms with van der Waals surface area (Å²) in [7, 11) is 0. The van der Waals surface area contributed by atoms with Gasteiger partial charge in [-0.15, -0.1) is 10.2 Å². The van der Waals surface area contributed by atoms with Gasteiger partial charge < -0.3 is 19.2 Å². The molecule has 0 spiro atoms. The van der Waals surface area contributed by atoms with E-state index in [2.05, 4.69) is 15.5 Å². The van der Waals surface area contributed by atoms with Crippen LogP contribution in [0, 0.1) is 0 Å². The molecule has 8 nitrogen and oxygen atoms in total. The molecule has 5 rings (SSSR count). The number of furan rings is 1. The predicted octanol–water partition coefficient (Wildman–Crippen LogP) is 4.21. The van der Waals surface area contributed by atoms with Crippen LogP contribution in [-0.4, -0.2) is 39.6 Å². The first kappa shape index (κ1) is 19.5. The van der Waals surface area contributed by atoms with Crippen molar-refractivity contribution in [3.05, 3.63) is 48.5 Å². The van der Waals surface area contributed by atoms with Crippen molar-refractivity contribution < 1.29 is 18.7 Å². The van der Waals surface area contributed by atoms with E-state index in [-0.39, 0.29) is 11.7 Å². The van der Waals surface area contributed by atoms with Crippen LogP contribution < -0.4 is 14.8 Å². The Morgan fingerprint density at radius 1 is 1.10 bits per heavy atom. The second kappa shape index (κ2) is 8.35. The number of aromatic nitrogens is 3. The van der Waals surface area contributed by atoms with Gasteiger partial charge in [0.2, 0.25) is 11.7 Å². The molecule has 158 valence electrons. The number of carbonyl (C=O) groups excluding carboxylic acids is 1. The van der Waals surface area contributed by atoms with E-state index in [4.69, 9.17) is 13.9 Å². The van der Waals surface area contributed by atoms with Crippen molar-refractivity contribution in [2.75, 3.05) is 24.3 Å². The van der Waals surface area contributed by atoms with Crippen LogP contribution in [0.1, 0.15) is 6.92 Å². The van der Waals surface area contributed by atoms with E-state index >= 15 is 0 Å². The normalized spacial score (nSPS) is 12.8. The molecule has 0 fully saturated rings. The van der Waals surface area contributed by atoms with Crippen LogP contribution in [0.15, 0.2) is 58.1 Å². The fourth-order valence-corrected chi connectivity index (χ4v) is 4.21. The first-order chi connectivity index (χ1) is 15.2. The van der Waals surface area contributed by atoms with Gasteiger partial charge in [0.1, 0.15) is 18.8 Å². The molecule has 2 aromatic heterocycles. The van der Waals surface area contributed by atoms with Gasteiger partial charge in [-0.1, -0.05) is 30.0 Å². The summed E-state index contributed by atoms with van der Waals surface area (Å²) in [5.41, 5.74) is 1.46. The molecule has 0 unspecified atom stereocenters. The Morgan fingerprint density at radius 2 is 1.94 bits per heavy atom. The van der Waals surface area contributed by atoms with E-state index in [1.807, 2.05) is 41.8 Å². The first-order valence-electron chi connectivity index (χ1n) is 9.95. The van der Waals surface area contributed by atoms with Gasteiger partial charge >= 0.3 is 0 Å². The molecular formula is C22H20N4O4S. The van der Waals surface area contributed by atoms with Crippen LogP contribution in [0.5, 0.6) is 11.5 Å². The van der Waals surface area contributed by atoms with Gasteiger partial charge in [-0.25, -0.2) is 0 Å². The van der Waals surface area contributed by atoms with Gasteiger partial charge in [0.05, 0.1) is 5.75 Å². The smallest absolute Gasteiger partial charge is 0.234 e. The number of ether oxygens (including phenoxy) is 2. The third-order valence-electron chi connectivity index (χ3n) is 4.84. The number of hydrogen-bond acceptors (Lipinski definition) is 7. The summed E-state index contributed by atoms with van der Waals surface area (Å²) >= 11 is 1.33. The number of nitrogens with one attached hydrogen (secondary N) is 1. The lowest BCUT2D eigenvalue weighted by Gasteiger charge is -2.19. The minimum atomic E-state index is -0.141. The lowest BCUT2D eigenvalue weighted by molar-refractivity contribution is -0.113. The van der Waals surface area contributed by atoms with Gasteiger partial charge in [0.25, 0.3) is 0 Å². The van der Waals surface area contributed by atoms with E-state index in [0.29, 0.717) is 53.7 Å². The van der Waals surface area contributed by atoms with Crippen LogP contribution in [0.25, 0.3) is 22.6 Å². The summed E-state index contributed by atoms with van der Waals surface area (Å²) in [5, 5.41) is 13.1. The van der Waals surface area contributed by atoms with E-state index in [1.54, 1.807) is 18.2 Å². The molecule has 3 heterocycles. The fourth-order valence-electron chi connectivity index (χ4n) is 3.40. The molecule has 0 saturated heterocycles. The number of hydrogen-bond donors (Lipinski definition) is 1. The molecule has 1 amide bonds. The second-order valence-corrected chi connectivity index (χ2v) is 7.84. The molecule has 0 saturated carbocycles. The third-order valence-corrected chi connectivity index (χ3v) is 5.80. The first-order valence-corrected chi connectivity index (χ1v) is 10.9. The zero-order valence-corrected chi connectivity index (χ0v) is 17.6. The molecule has 0 bridgehead atoms. The van der Waals surface area contributed by atoms with Crippen molar-refractivity contribution in [2.24, 2.45) is 0 Å². The van der Waals surface area contributed by atoms with Gasteiger partial charge in [-0.05, 0) is 31.2 Å². The molecule has 0 aliphatic carbocycles. The van der Waals surface area contributed by atoms with Crippen LogP contribution in [0.4, 0.5) is 5.69 Å². The Kier molecular flexibility index (Phi) is 5.25. The van der Waals surface area contributed by atoms with Gasteiger partial charge in [-0.2, -0.15) is 0 Å². The average Bonchev–Trinajstić information content (AvgIpc) is 3.41. The molecule has 1 aliphatic heterocycles. The third kappa shape index (κ3) is 3.96. The Labute approximate surface area is 182 Å². The number of anilines is 1. The molecule has 1 N–H and O–H groups in total. The maximum Gasteiger partial charge on any atom is 0.234 e. The number of nitrogens with zero attached hydrogens (tertiary/aromatic N) is 3. The topological polar surface area (TPSA) is 91.4 Å². The zero-order chi connectivity index (χ0) is 21.2. The summed E-state index contributed by atoms with van der Waals surface area (Å²) in [4.78, 5) is 12.5. The minimum absolute atomic E-state index is 0.141. The number of thioether (sulfide) groups is 1. The number of fused-ring (bicyclic) bond motifs is 2. The Bertz CT molecular complexity index is 1220. The fraction of sp³-hybridized carbons (Fsp3) is 0.227. The van der Waals surface area contributed by atoms with Gasteiger partial charge in [0, 0.05) is 23.7 Å². The number of rotatable bonds is 6. The quantitative estimate of drug-likeness (QED) is 0.453. The second-order valence-electron chi connectivity index (χ2n) is 6.89. The van der Waals surface area contributed by atoms with Gasteiger partial charge in [0.15, 0.2) is 22.4 Å². The maximum absolute atomic E-state index is 12.5. The number of benzene rings is 2. The molecule has 1 aliphatic rings. The van der Waals surface area contributed by atoms with Crippen LogP contribution in [-0.2, 0) is 11.3 Å². The summed E-state index contributed by atoms with van der Waals surface area (Å²) < 4.78 is 18.9. The van der Waals surface area contributed by atoms with Crippen molar-refractivity contribution in [1.29, 1.82) is 0 Å². The van der Waals surface area contributed by atoms with Crippen molar-refractivity contribution in [3.63, 3.8) is 0 Å². The highest BCUT2D eigenvalue weighted by atomic mass is 32.2. The Balaban J connectivity index is 1.27. The minimum Gasteiger partial charge on any atom is -0.486 e. The van der Waals surface area contributed by atoms with Crippen LogP contribution in [0.2, 0.25) is 0 Å². The summed E-state index contributed by atoms with van der Waals surface area (Å²) in [6.45, 7) is 3.70. The van der Waals surface area contributed by atoms with E-state index in [9.17, 15) is 4.79 Å². The molecule has 4 aromatic rings. The highest BCUT2D eigenvalue weighted by Gasteiger charge is 2.18. The monoisotopic (exact) mass is 436 g/mol. The lowest BCUT2D eigenvalue weighted by atomic mass is 10.2. The summed E-state index contributed by atoms with van der Waals surface area (Å²) in [6.07, 6.45) is 0. The van der Waals surface area contributed by atoms with Crippen molar-refractivity contribution >= 4 is 34.3 Å². The van der Waals surface area contributed by atoms with Crippen molar-refractivity contribution in [2.45, 2.75) is 18.6 Å². The maximum atomic E-state index is 12.5. The number of amides is 1. The Morgan fingerprint density at radius 3 is 2.77 bits per heavy atom. The predicted molar refractivity (Wildman–Crippen MR) is 118 cm³/mol. The molecule has 9 heteroatoms. The summed E-state index contributed by atoms with van der Waals surface area (Å²) in [5.74, 6) is 2.69. The van der Waals surface area contributed by atoms with Crippen molar-refractivity contribution in [1.82, 2.24) is 14.8 Å². The number of carbonyl (C=O) groups is 1. The lowest BCUT2D eigenvalue weighted by Crippen LogP contribution is -2.17. The molecule has 0 atom stereocenters. The average molecular weight is 436 g/mol. The van der Waals surface area contributed by atoms with Crippen LogP contribution in [0.3, 0.4) is 0 Å². The standard InChI is InChI=1S/C22H20N4O4S/c1-2-26-21(19-11-14-5-3-4-6-16(14)30-19)24-25-22(26)31-13-20(27)23-15-7-8-17-18(12-15)29-10-9-28-17/h3-8,11-12H,2,9-10,13H2,1H3,(H,23,27). The molecular weight excluding hydrogens is 416 g/mol.